The molecule has 0 saturated heterocycles. The van der Waals surface area contributed by atoms with E-state index in [1.807, 2.05) is 19.1 Å². The van der Waals surface area contributed by atoms with Crippen LogP contribution in [0.25, 0.3) is 0 Å². The number of rotatable bonds is 7. The van der Waals surface area contributed by atoms with Gasteiger partial charge < -0.3 is 14.9 Å². The third kappa shape index (κ3) is 4.44. The van der Waals surface area contributed by atoms with Crippen molar-refractivity contribution < 1.29 is 13.9 Å². The summed E-state index contributed by atoms with van der Waals surface area (Å²) in [7, 11) is 1.40. The predicted octanol–water partition coefficient (Wildman–Crippen LogP) is 2.35. The number of ether oxygens (including phenoxy) is 1. The fourth-order valence-corrected chi connectivity index (χ4v) is 2.73. The summed E-state index contributed by atoms with van der Waals surface area (Å²) in [5, 5.41) is 0.0969. The molecule has 0 aliphatic heterocycles. The average molecular weight is 257 g/mol. The molecule has 1 rings (SSSR count). The summed E-state index contributed by atoms with van der Waals surface area (Å²) in [5.74, 6) is 1.36. The van der Waals surface area contributed by atoms with E-state index in [9.17, 15) is 4.79 Å². The molecule has 0 bridgehead atoms. The second-order valence-corrected chi connectivity index (χ2v) is 4.95. The number of furan rings is 1. The Hall–Kier alpha value is -0.940. The molecule has 96 valence electrons. The second-order valence-electron chi connectivity index (χ2n) is 3.71. The van der Waals surface area contributed by atoms with Crippen molar-refractivity contribution in [2.75, 3.05) is 12.9 Å². The maximum Gasteiger partial charge on any atom is 0.306 e. The predicted molar refractivity (Wildman–Crippen MR) is 68.8 cm³/mol. The summed E-state index contributed by atoms with van der Waals surface area (Å²) < 4.78 is 9.99. The Morgan fingerprint density at radius 3 is 2.94 bits per heavy atom. The quantitative estimate of drug-likeness (QED) is 0.760. The van der Waals surface area contributed by atoms with Crippen LogP contribution in [-0.4, -0.2) is 24.9 Å². The molecule has 2 unspecified atom stereocenters. The standard InChI is InChI=1S/C12H19NO3S/c1-3-9(13)12(10-5-4-7-16-10)17-8-6-11(14)15-2/h4-5,7,9,12H,3,6,8,13H2,1-2H3. The van der Waals surface area contributed by atoms with Crippen LogP contribution in [0.3, 0.4) is 0 Å². The number of carbonyl (C=O) groups is 1. The van der Waals surface area contributed by atoms with Gasteiger partial charge in [0.25, 0.3) is 0 Å². The van der Waals surface area contributed by atoms with Crippen molar-refractivity contribution in [3.63, 3.8) is 0 Å². The van der Waals surface area contributed by atoms with Gasteiger partial charge in [0, 0.05) is 11.8 Å². The van der Waals surface area contributed by atoms with Crippen molar-refractivity contribution in [3.8, 4) is 0 Å². The fourth-order valence-electron chi connectivity index (χ4n) is 1.46. The summed E-state index contributed by atoms with van der Waals surface area (Å²) in [6.45, 7) is 2.04. The molecule has 2 atom stereocenters. The van der Waals surface area contributed by atoms with Gasteiger partial charge in [-0.15, -0.1) is 11.8 Å². The maximum absolute atomic E-state index is 11.0. The number of esters is 1. The van der Waals surface area contributed by atoms with E-state index in [1.54, 1.807) is 18.0 Å². The largest absolute Gasteiger partial charge is 0.469 e. The summed E-state index contributed by atoms with van der Waals surface area (Å²) in [6, 6.07) is 3.81. The second kappa shape index (κ2) is 7.40. The summed E-state index contributed by atoms with van der Waals surface area (Å²) in [4.78, 5) is 11.0. The van der Waals surface area contributed by atoms with Crippen LogP contribution in [0, 0.1) is 0 Å². The molecule has 0 fully saturated rings. The first-order valence-corrected chi connectivity index (χ1v) is 6.71. The van der Waals surface area contributed by atoms with Crippen LogP contribution >= 0.6 is 11.8 Å². The van der Waals surface area contributed by atoms with E-state index in [-0.39, 0.29) is 17.3 Å². The normalized spacial score (nSPS) is 14.3. The molecule has 0 saturated carbocycles. The number of thioether (sulfide) groups is 1. The smallest absolute Gasteiger partial charge is 0.306 e. The Morgan fingerprint density at radius 1 is 1.65 bits per heavy atom. The van der Waals surface area contributed by atoms with Crippen molar-refractivity contribution in [2.45, 2.75) is 31.1 Å². The molecule has 1 heterocycles. The van der Waals surface area contributed by atoms with E-state index < -0.39 is 0 Å². The highest BCUT2D eigenvalue weighted by Gasteiger charge is 2.21. The van der Waals surface area contributed by atoms with Gasteiger partial charge in [0.05, 0.1) is 25.0 Å². The van der Waals surface area contributed by atoms with Crippen molar-refractivity contribution >= 4 is 17.7 Å². The monoisotopic (exact) mass is 257 g/mol. The number of methoxy groups -OCH3 is 1. The zero-order valence-corrected chi connectivity index (χ0v) is 11.0. The lowest BCUT2D eigenvalue weighted by molar-refractivity contribution is -0.140. The van der Waals surface area contributed by atoms with E-state index in [2.05, 4.69) is 4.74 Å². The SMILES string of the molecule is CCC(N)C(SCCC(=O)OC)c1ccco1. The Kier molecular flexibility index (Phi) is 6.15. The summed E-state index contributed by atoms with van der Waals surface area (Å²) >= 11 is 1.64. The van der Waals surface area contributed by atoms with E-state index >= 15 is 0 Å². The molecule has 1 aromatic rings. The number of nitrogens with two attached hydrogens (primary N) is 1. The van der Waals surface area contributed by atoms with Crippen LogP contribution in [0.4, 0.5) is 0 Å². The zero-order chi connectivity index (χ0) is 12.7. The Labute approximate surface area is 106 Å². The molecule has 0 aliphatic rings. The molecule has 2 N–H and O–H groups in total. The Morgan fingerprint density at radius 2 is 2.41 bits per heavy atom. The van der Waals surface area contributed by atoms with Gasteiger partial charge in [0.1, 0.15) is 5.76 Å². The van der Waals surface area contributed by atoms with Crippen LogP contribution in [0.2, 0.25) is 0 Å². The molecule has 0 aliphatic carbocycles. The number of hydrogen-bond acceptors (Lipinski definition) is 5. The molecule has 0 aromatic carbocycles. The van der Waals surface area contributed by atoms with E-state index in [0.29, 0.717) is 12.2 Å². The summed E-state index contributed by atoms with van der Waals surface area (Å²) in [5.41, 5.74) is 6.06. The average Bonchev–Trinajstić information content (AvgIpc) is 2.86. The van der Waals surface area contributed by atoms with Crippen molar-refractivity contribution in [1.82, 2.24) is 0 Å². The molecule has 0 spiro atoms. The van der Waals surface area contributed by atoms with Crippen LogP contribution in [0.5, 0.6) is 0 Å². The van der Waals surface area contributed by atoms with Crippen LogP contribution < -0.4 is 5.73 Å². The highest BCUT2D eigenvalue weighted by Crippen LogP contribution is 2.33. The molecular formula is C12H19NO3S. The minimum Gasteiger partial charge on any atom is -0.469 e. The van der Waals surface area contributed by atoms with Gasteiger partial charge in [-0.1, -0.05) is 6.92 Å². The highest BCUT2D eigenvalue weighted by atomic mass is 32.2. The Bertz CT molecular complexity index is 327. The van der Waals surface area contributed by atoms with Gasteiger partial charge >= 0.3 is 5.97 Å². The first-order chi connectivity index (χ1) is 8.19. The minimum atomic E-state index is -0.194. The topological polar surface area (TPSA) is 65.5 Å². The van der Waals surface area contributed by atoms with Gasteiger partial charge in [-0.3, -0.25) is 4.79 Å². The summed E-state index contributed by atoms with van der Waals surface area (Å²) in [6.07, 6.45) is 2.91. The molecular weight excluding hydrogens is 238 g/mol. The Balaban J connectivity index is 2.51. The lowest BCUT2D eigenvalue weighted by Gasteiger charge is -2.20. The van der Waals surface area contributed by atoms with Crippen molar-refractivity contribution in [3.05, 3.63) is 24.2 Å². The first kappa shape index (κ1) is 14.1. The maximum atomic E-state index is 11.0. The third-order valence-electron chi connectivity index (χ3n) is 2.52. The molecule has 1 aromatic heterocycles. The molecule has 4 nitrogen and oxygen atoms in total. The van der Waals surface area contributed by atoms with E-state index in [4.69, 9.17) is 10.2 Å². The van der Waals surface area contributed by atoms with Gasteiger partial charge in [-0.05, 0) is 18.6 Å². The fraction of sp³-hybridized carbons (Fsp3) is 0.583. The number of hydrogen-bond donors (Lipinski definition) is 1. The first-order valence-electron chi connectivity index (χ1n) is 5.66. The van der Waals surface area contributed by atoms with Crippen LogP contribution in [0.1, 0.15) is 30.8 Å². The van der Waals surface area contributed by atoms with Gasteiger partial charge in [0.15, 0.2) is 0 Å². The molecule has 5 heteroatoms. The lowest BCUT2D eigenvalue weighted by atomic mass is 10.1. The third-order valence-corrected chi connectivity index (χ3v) is 3.90. The molecule has 0 radical (unpaired) electrons. The molecule has 17 heavy (non-hydrogen) atoms. The van der Waals surface area contributed by atoms with E-state index in [1.165, 1.54) is 7.11 Å². The molecule has 0 amide bonds. The number of carbonyl (C=O) groups excluding carboxylic acids is 1. The highest BCUT2D eigenvalue weighted by molar-refractivity contribution is 7.99. The van der Waals surface area contributed by atoms with Crippen LogP contribution in [-0.2, 0) is 9.53 Å². The van der Waals surface area contributed by atoms with Gasteiger partial charge in [0.2, 0.25) is 0 Å². The minimum absolute atomic E-state index is 0.0313. The van der Waals surface area contributed by atoms with Gasteiger partial charge in [-0.25, -0.2) is 0 Å². The van der Waals surface area contributed by atoms with Crippen molar-refractivity contribution in [2.24, 2.45) is 5.73 Å². The lowest BCUT2D eigenvalue weighted by Crippen LogP contribution is -2.25. The van der Waals surface area contributed by atoms with Crippen LogP contribution in [0.15, 0.2) is 22.8 Å². The van der Waals surface area contributed by atoms with E-state index in [0.717, 1.165) is 12.2 Å². The zero-order valence-electron chi connectivity index (χ0n) is 10.2. The van der Waals surface area contributed by atoms with Gasteiger partial charge in [-0.2, -0.15) is 0 Å². The van der Waals surface area contributed by atoms with Crippen molar-refractivity contribution in [1.29, 1.82) is 0 Å².